The second-order valence-corrected chi connectivity index (χ2v) is 8.12. The third-order valence-electron chi connectivity index (χ3n) is 5.80. The second-order valence-electron chi connectivity index (χ2n) is 8.12. The maximum absolute atomic E-state index is 12.8. The molecule has 8 heteroatoms. The lowest BCUT2D eigenvalue weighted by molar-refractivity contribution is -0.139. The molecule has 0 aromatic heterocycles. The lowest BCUT2D eigenvalue weighted by atomic mass is 9.98. The monoisotopic (exact) mass is 502 g/mol. The summed E-state index contributed by atoms with van der Waals surface area (Å²) in [7, 11) is 0. The van der Waals surface area contributed by atoms with Gasteiger partial charge in [0, 0.05) is 17.6 Å². The highest BCUT2D eigenvalue weighted by atomic mass is 16.7. The van der Waals surface area contributed by atoms with Crippen LogP contribution < -0.4 is 9.47 Å². The van der Waals surface area contributed by atoms with Gasteiger partial charge in [-0.2, -0.15) is 0 Å². The largest absolute Gasteiger partial charge is 0.513 e. The van der Waals surface area contributed by atoms with Crippen molar-refractivity contribution in [1.82, 2.24) is 0 Å². The van der Waals surface area contributed by atoms with Crippen LogP contribution in [0.15, 0.2) is 79.4 Å². The van der Waals surface area contributed by atoms with E-state index >= 15 is 0 Å². The lowest BCUT2D eigenvalue weighted by Crippen LogP contribution is -2.16. The number of hydrogen-bond acceptors (Lipinski definition) is 8. The number of ether oxygens (including phenoxy) is 5. The molecule has 4 rings (SSSR count). The van der Waals surface area contributed by atoms with Crippen molar-refractivity contribution in [3.63, 3.8) is 0 Å². The minimum atomic E-state index is -0.912. The zero-order chi connectivity index (χ0) is 26.2. The van der Waals surface area contributed by atoms with Crippen molar-refractivity contribution in [2.45, 2.75) is 12.8 Å². The van der Waals surface area contributed by atoms with Gasteiger partial charge in [-0.25, -0.2) is 14.4 Å². The molecule has 190 valence electrons. The third-order valence-corrected chi connectivity index (χ3v) is 5.80. The molecule has 1 aliphatic carbocycles. The highest BCUT2D eigenvalue weighted by molar-refractivity contribution is 5.92. The summed E-state index contributed by atoms with van der Waals surface area (Å²) in [5.74, 6) is -0.203. The van der Waals surface area contributed by atoms with Gasteiger partial charge in [0.15, 0.2) is 0 Å². The van der Waals surface area contributed by atoms with E-state index in [1.165, 1.54) is 29.8 Å². The molecule has 1 unspecified atom stereocenters. The fourth-order valence-corrected chi connectivity index (χ4v) is 4.08. The van der Waals surface area contributed by atoms with Gasteiger partial charge in [-0.3, -0.25) is 0 Å². The van der Waals surface area contributed by atoms with Crippen LogP contribution in [0.25, 0.3) is 11.1 Å². The molecule has 0 saturated heterocycles. The smallest absolute Gasteiger partial charge is 0.460 e. The Balaban J connectivity index is 1.26. The molecule has 8 nitrogen and oxygen atoms in total. The van der Waals surface area contributed by atoms with Crippen molar-refractivity contribution < 1.29 is 38.1 Å². The van der Waals surface area contributed by atoms with Crippen molar-refractivity contribution in [3.05, 3.63) is 96.1 Å². The SMILES string of the molecule is C=CC(=O)OCCOCCOC(=O)Oc1ccc(C(=O)Oc2cccc3c2C(C)c2ccccc2-3)cc1. The number of benzene rings is 3. The first-order valence-corrected chi connectivity index (χ1v) is 11.7. The number of carbonyl (C=O) groups excluding carboxylic acids is 3. The summed E-state index contributed by atoms with van der Waals surface area (Å²) in [4.78, 5) is 35.6. The van der Waals surface area contributed by atoms with Gasteiger partial charge < -0.3 is 23.7 Å². The Bertz CT molecular complexity index is 1300. The number of rotatable bonds is 10. The fraction of sp³-hybridized carbons (Fsp3) is 0.207. The van der Waals surface area contributed by atoms with Gasteiger partial charge in [0.25, 0.3) is 0 Å². The molecule has 0 heterocycles. The minimum Gasteiger partial charge on any atom is -0.460 e. The van der Waals surface area contributed by atoms with E-state index in [-0.39, 0.29) is 38.1 Å². The average molecular weight is 503 g/mol. The molecule has 0 N–H and O–H groups in total. The van der Waals surface area contributed by atoms with Gasteiger partial charge in [-0.1, -0.05) is 49.9 Å². The molecule has 0 spiro atoms. The van der Waals surface area contributed by atoms with Crippen LogP contribution in [0.4, 0.5) is 4.79 Å². The van der Waals surface area contributed by atoms with E-state index in [4.69, 9.17) is 23.7 Å². The molecule has 37 heavy (non-hydrogen) atoms. The summed E-state index contributed by atoms with van der Waals surface area (Å²) in [5, 5.41) is 0. The van der Waals surface area contributed by atoms with Crippen molar-refractivity contribution in [3.8, 4) is 22.6 Å². The number of hydrogen-bond donors (Lipinski definition) is 0. The van der Waals surface area contributed by atoms with Crippen LogP contribution in [0.3, 0.4) is 0 Å². The van der Waals surface area contributed by atoms with Gasteiger partial charge in [-0.05, 0) is 47.0 Å². The van der Waals surface area contributed by atoms with Crippen LogP contribution in [-0.4, -0.2) is 44.5 Å². The van der Waals surface area contributed by atoms with E-state index in [1.807, 2.05) is 24.3 Å². The molecular weight excluding hydrogens is 476 g/mol. The van der Waals surface area contributed by atoms with E-state index < -0.39 is 18.1 Å². The topological polar surface area (TPSA) is 97.4 Å². The first-order valence-electron chi connectivity index (χ1n) is 11.7. The van der Waals surface area contributed by atoms with E-state index in [2.05, 4.69) is 25.6 Å². The average Bonchev–Trinajstić information content (AvgIpc) is 3.21. The summed E-state index contributed by atoms with van der Waals surface area (Å²) in [6.07, 6.45) is 0.147. The lowest BCUT2D eigenvalue weighted by Gasteiger charge is -2.13. The van der Waals surface area contributed by atoms with Gasteiger partial charge in [0.05, 0.1) is 18.8 Å². The highest BCUT2D eigenvalue weighted by Gasteiger charge is 2.29. The Morgan fingerprint density at radius 1 is 0.811 bits per heavy atom. The summed E-state index contributed by atoms with van der Waals surface area (Å²) in [5.41, 5.74) is 4.72. The van der Waals surface area contributed by atoms with Gasteiger partial charge in [-0.15, -0.1) is 0 Å². The van der Waals surface area contributed by atoms with Crippen molar-refractivity contribution >= 4 is 18.1 Å². The quantitative estimate of drug-likeness (QED) is 0.121. The van der Waals surface area contributed by atoms with Crippen molar-refractivity contribution in [1.29, 1.82) is 0 Å². The first kappa shape index (κ1) is 25.7. The van der Waals surface area contributed by atoms with Gasteiger partial charge >= 0.3 is 18.1 Å². The molecule has 0 aliphatic heterocycles. The van der Waals surface area contributed by atoms with Crippen LogP contribution in [0, 0.1) is 0 Å². The standard InChI is InChI=1S/C29H26O8/c1-3-26(30)34-17-15-33-16-18-35-29(32)36-21-13-11-20(12-14-21)28(31)37-25-10-6-9-24-23-8-5-4-7-22(23)19(2)27(24)25/h3-14,19H,1,15-18H2,2H3. The van der Waals surface area contributed by atoms with Crippen LogP contribution in [0.1, 0.15) is 34.3 Å². The van der Waals surface area contributed by atoms with Crippen LogP contribution in [0.2, 0.25) is 0 Å². The second kappa shape index (κ2) is 12.0. The van der Waals surface area contributed by atoms with E-state index in [0.717, 1.165) is 22.8 Å². The Labute approximate surface area is 214 Å². The summed E-state index contributed by atoms with van der Waals surface area (Å²) < 4.78 is 25.7. The van der Waals surface area contributed by atoms with Crippen LogP contribution >= 0.6 is 0 Å². The summed E-state index contributed by atoms with van der Waals surface area (Å²) in [6, 6.07) is 19.9. The fourth-order valence-electron chi connectivity index (χ4n) is 4.08. The first-order chi connectivity index (χ1) is 18.0. The molecule has 0 bridgehead atoms. The minimum absolute atomic E-state index is 0.0393. The number of carbonyl (C=O) groups is 3. The summed E-state index contributed by atoms with van der Waals surface area (Å²) in [6.45, 7) is 5.68. The highest BCUT2D eigenvalue weighted by Crippen LogP contribution is 2.48. The Morgan fingerprint density at radius 2 is 1.51 bits per heavy atom. The van der Waals surface area contributed by atoms with Crippen LogP contribution in [-0.2, 0) is 19.0 Å². The molecule has 3 aromatic rings. The molecule has 0 radical (unpaired) electrons. The van der Waals surface area contributed by atoms with Gasteiger partial charge in [0.1, 0.15) is 24.7 Å². The normalized spacial score (nSPS) is 13.2. The maximum atomic E-state index is 12.8. The van der Waals surface area contributed by atoms with Crippen molar-refractivity contribution in [2.75, 3.05) is 26.4 Å². The van der Waals surface area contributed by atoms with E-state index in [0.29, 0.717) is 11.3 Å². The summed E-state index contributed by atoms with van der Waals surface area (Å²) >= 11 is 0. The number of esters is 2. The molecule has 1 aliphatic rings. The van der Waals surface area contributed by atoms with E-state index in [9.17, 15) is 14.4 Å². The Hall–Kier alpha value is -4.43. The zero-order valence-corrected chi connectivity index (χ0v) is 20.3. The maximum Gasteiger partial charge on any atom is 0.513 e. The molecular formula is C29H26O8. The third kappa shape index (κ3) is 6.23. The van der Waals surface area contributed by atoms with Crippen LogP contribution in [0.5, 0.6) is 11.5 Å². The number of fused-ring (bicyclic) bond motifs is 3. The predicted molar refractivity (Wildman–Crippen MR) is 135 cm³/mol. The molecule has 0 saturated carbocycles. The Kier molecular flexibility index (Phi) is 8.33. The van der Waals surface area contributed by atoms with Gasteiger partial charge in [0.2, 0.25) is 0 Å². The molecule has 0 amide bonds. The molecule has 3 aromatic carbocycles. The predicted octanol–water partition coefficient (Wildman–Crippen LogP) is 5.30. The molecule has 1 atom stereocenters. The zero-order valence-electron chi connectivity index (χ0n) is 20.3. The van der Waals surface area contributed by atoms with E-state index in [1.54, 1.807) is 6.07 Å². The molecule has 0 fully saturated rings. The Morgan fingerprint density at radius 3 is 2.27 bits per heavy atom. The van der Waals surface area contributed by atoms with Crippen molar-refractivity contribution in [2.24, 2.45) is 0 Å².